The van der Waals surface area contributed by atoms with Gasteiger partial charge >= 0.3 is 0 Å². The van der Waals surface area contributed by atoms with Crippen LogP contribution in [-0.4, -0.2) is 12.8 Å². The summed E-state index contributed by atoms with van der Waals surface area (Å²) < 4.78 is 0. The number of azide groups is 1. The van der Waals surface area contributed by atoms with Crippen molar-refractivity contribution in [3.05, 3.63) is 10.4 Å². The third kappa shape index (κ3) is 3.47. The van der Waals surface area contributed by atoms with E-state index in [1.807, 2.05) is 0 Å². The first-order chi connectivity index (χ1) is 6.36. The van der Waals surface area contributed by atoms with Gasteiger partial charge in [-0.3, -0.25) is 0 Å². The van der Waals surface area contributed by atoms with Crippen LogP contribution in [0, 0.1) is 17.2 Å². The minimum atomic E-state index is 0.595. The molecule has 0 atom stereocenters. The predicted molar refractivity (Wildman–Crippen MR) is 52.9 cm³/mol. The molecular weight excluding hydrogens is 164 g/mol. The van der Waals surface area contributed by atoms with Gasteiger partial charge in [0.05, 0.1) is 0 Å². The third-order valence-corrected chi connectivity index (χ3v) is 2.82. The Kier molecular flexibility index (Phi) is 4.33. The minimum absolute atomic E-state index is 0.595. The van der Waals surface area contributed by atoms with Crippen LogP contribution >= 0.6 is 0 Å². The molecule has 13 heavy (non-hydrogen) atoms. The van der Waals surface area contributed by atoms with Gasteiger partial charge in [0, 0.05) is 11.5 Å². The van der Waals surface area contributed by atoms with E-state index in [-0.39, 0.29) is 0 Å². The normalized spacial score (nSPS) is 27.7. The summed E-state index contributed by atoms with van der Waals surface area (Å²) in [5, 5.41) is 10.6. The van der Waals surface area contributed by atoms with E-state index in [1.165, 1.54) is 19.1 Å². The van der Waals surface area contributed by atoms with E-state index < -0.39 is 0 Å². The number of hydrogen-bond donors (Lipinski definition) is 1. The number of hydrogen-bond acceptors (Lipinski definition) is 2. The number of nitrogens with zero attached hydrogens (tertiary/aromatic N) is 3. The molecule has 0 spiro atoms. The predicted octanol–water partition coefficient (Wildman–Crippen LogP) is 3.14. The van der Waals surface area contributed by atoms with Crippen molar-refractivity contribution in [1.82, 2.24) is 0 Å². The van der Waals surface area contributed by atoms with Gasteiger partial charge in [-0.25, -0.2) is 0 Å². The molecule has 0 aromatic rings. The molecule has 0 unspecified atom stereocenters. The molecule has 1 aliphatic rings. The molecule has 4 heteroatoms. The maximum Gasteiger partial charge on any atom is 0.0286 e. The smallest absolute Gasteiger partial charge is 0.0286 e. The van der Waals surface area contributed by atoms with Gasteiger partial charge in [-0.1, -0.05) is 18.0 Å². The molecule has 1 aliphatic carbocycles. The molecule has 72 valence electrons. The molecule has 0 aliphatic heterocycles. The Balaban J connectivity index is 2.21. The zero-order chi connectivity index (χ0) is 9.52. The summed E-state index contributed by atoms with van der Waals surface area (Å²) in [5.74, 6) is 1.30. The average molecular weight is 180 g/mol. The van der Waals surface area contributed by atoms with Crippen molar-refractivity contribution in [3.63, 3.8) is 0 Å². The molecule has 0 radical (unpaired) electrons. The molecule has 0 amide bonds. The van der Waals surface area contributed by atoms with Crippen LogP contribution in [0.5, 0.6) is 0 Å². The van der Waals surface area contributed by atoms with E-state index in [0.29, 0.717) is 18.4 Å². The van der Waals surface area contributed by atoms with Crippen LogP contribution in [0.4, 0.5) is 0 Å². The Labute approximate surface area is 78.5 Å². The Hall–Kier alpha value is -1.02. The Bertz CT molecular complexity index is 200. The van der Waals surface area contributed by atoms with Crippen molar-refractivity contribution in [1.29, 1.82) is 5.41 Å². The monoisotopic (exact) mass is 180 g/mol. The largest absolute Gasteiger partial charge is 0.313 e. The molecule has 0 aromatic heterocycles. The Morgan fingerprint density at radius 3 is 2.46 bits per heavy atom. The maximum atomic E-state index is 8.16. The lowest BCUT2D eigenvalue weighted by Crippen LogP contribution is -2.16. The number of nitrogens with one attached hydrogen (secondary N) is 1. The summed E-state index contributed by atoms with van der Waals surface area (Å²) in [7, 11) is 0. The van der Waals surface area contributed by atoms with Crippen LogP contribution < -0.4 is 0 Å². The molecule has 0 heterocycles. The molecule has 0 bridgehead atoms. The van der Waals surface area contributed by atoms with Crippen LogP contribution in [-0.2, 0) is 0 Å². The first kappa shape index (κ1) is 10.1. The summed E-state index contributed by atoms with van der Waals surface area (Å²) >= 11 is 0. The Morgan fingerprint density at radius 2 is 1.92 bits per heavy atom. The molecular formula is C9H16N4. The lowest BCUT2D eigenvalue weighted by molar-refractivity contribution is 0.286. The van der Waals surface area contributed by atoms with Crippen LogP contribution in [0.15, 0.2) is 5.11 Å². The van der Waals surface area contributed by atoms with Gasteiger partial charge in [-0.2, -0.15) is 0 Å². The molecule has 1 rings (SSSR count). The van der Waals surface area contributed by atoms with Crippen LogP contribution in [0.2, 0.25) is 0 Å². The third-order valence-electron chi connectivity index (χ3n) is 2.82. The van der Waals surface area contributed by atoms with Gasteiger partial charge in [0.1, 0.15) is 0 Å². The van der Waals surface area contributed by atoms with Crippen LogP contribution in [0.25, 0.3) is 10.4 Å². The van der Waals surface area contributed by atoms with E-state index in [9.17, 15) is 0 Å². The summed E-state index contributed by atoms with van der Waals surface area (Å²) in [5.41, 5.74) is 8.16. The summed E-state index contributed by atoms with van der Waals surface area (Å²) in [6, 6.07) is 0. The zero-order valence-electron chi connectivity index (χ0n) is 7.82. The fourth-order valence-corrected chi connectivity index (χ4v) is 1.97. The topological polar surface area (TPSA) is 72.6 Å². The first-order valence-electron chi connectivity index (χ1n) is 4.86. The summed E-state index contributed by atoms with van der Waals surface area (Å²) in [6.45, 7) is 0.661. The van der Waals surface area contributed by atoms with Crippen molar-refractivity contribution < 1.29 is 0 Å². The summed E-state index contributed by atoms with van der Waals surface area (Å²) in [6.07, 6.45) is 7.16. The van der Waals surface area contributed by atoms with Crippen LogP contribution in [0.3, 0.4) is 0 Å². The molecule has 1 fully saturated rings. The van der Waals surface area contributed by atoms with Crippen LogP contribution in [0.1, 0.15) is 32.1 Å². The second kappa shape index (κ2) is 5.60. The average Bonchev–Trinajstić information content (AvgIpc) is 2.17. The van der Waals surface area contributed by atoms with Gasteiger partial charge in [-0.05, 0) is 42.8 Å². The highest BCUT2D eigenvalue weighted by Crippen LogP contribution is 2.30. The van der Waals surface area contributed by atoms with Crippen molar-refractivity contribution in [2.75, 3.05) is 6.54 Å². The molecule has 1 saturated carbocycles. The lowest BCUT2D eigenvalue weighted by atomic mass is 9.81. The standard InChI is InChI=1S/C9H16N4/c10-6-5-8-1-3-9(4-2-8)7-12-13-11/h6,8-10H,1-5,7H2. The van der Waals surface area contributed by atoms with E-state index in [1.54, 1.807) is 0 Å². The van der Waals surface area contributed by atoms with Crippen molar-refractivity contribution in [2.45, 2.75) is 32.1 Å². The van der Waals surface area contributed by atoms with Gasteiger partial charge < -0.3 is 5.41 Å². The fourth-order valence-electron chi connectivity index (χ4n) is 1.97. The van der Waals surface area contributed by atoms with E-state index in [4.69, 9.17) is 10.9 Å². The molecule has 0 aromatic carbocycles. The zero-order valence-corrected chi connectivity index (χ0v) is 7.82. The highest BCUT2D eigenvalue weighted by Gasteiger charge is 2.19. The highest BCUT2D eigenvalue weighted by molar-refractivity contribution is 5.53. The number of rotatable bonds is 4. The molecule has 4 nitrogen and oxygen atoms in total. The SMILES string of the molecule is [N-]=[N+]=NCC1CCC(CC=N)CC1. The van der Waals surface area contributed by atoms with Gasteiger partial charge in [0.2, 0.25) is 0 Å². The quantitative estimate of drug-likeness (QED) is 0.299. The van der Waals surface area contributed by atoms with E-state index >= 15 is 0 Å². The Morgan fingerprint density at radius 1 is 1.31 bits per heavy atom. The fraction of sp³-hybridized carbons (Fsp3) is 0.889. The van der Waals surface area contributed by atoms with Gasteiger partial charge in [-0.15, -0.1) is 0 Å². The van der Waals surface area contributed by atoms with Gasteiger partial charge in [0.15, 0.2) is 0 Å². The minimum Gasteiger partial charge on any atom is -0.313 e. The maximum absolute atomic E-state index is 8.16. The van der Waals surface area contributed by atoms with Crippen molar-refractivity contribution in [2.24, 2.45) is 17.0 Å². The van der Waals surface area contributed by atoms with Crippen molar-refractivity contribution in [3.8, 4) is 0 Å². The van der Waals surface area contributed by atoms with Crippen molar-refractivity contribution >= 4 is 6.21 Å². The molecule has 1 N–H and O–H groups in total. The second-order valence-corrected chi connectivity index (χ2v) is 3.74. The van der Waals surface area contributed by atoms with Gasteiger partial charge in [0.25, 0.3) is 0 Å². The van der Waals surface area contributed by atoms with E-state index in [2.05, 4.69) is 10.0 Å². The summed E-state index contributed by atoms with van der Waals surface area (Å²) in [4.78, 5) is 2.77. The highest BCUT2D eigenvalue weighted by atomic mass is 15.1. The second-order valence-electron chi connectivity index (χ2n) is 3.74. The van der Waals surface area contributed by atoms with E-state index in [0.717, 1.165) is 19.3 Å². The first-order valence-corrected chi connectivity index (χ1v) is 4.86. The lowest BCUT2D eigenvalue weighted by Gasteiger charge is -2.26. The molecule has 0 saturated heterocycles.